The van der Waals surface area contributed by atoms with Crippen LogP contribution in [-0.2, 0) is 10.0 Å². The van der Waals surface area contributed by atoms with Crippen LogP contribution in [0.3, 0.4) is 0 Å². The second-order valence-corrected chi connectivity index (χ2v) is 9.27. The molecule has 1 heterocycles. The van der Waals surface area contributed by atoms with Gasteiger partial charge in [-0.05, 0) is 54.7 Å². The fourth-order valence-corrected chi connectivity index (χ4v) is 4.98. The van der Waals surface area contributed by atoms with Gasteiger partial charge in [-0.1, -0.05) is 48.5 Å². The standard InChI is InChI=1S/C24H23FN2O3S/c25-22-11-4-5-12-23(22)26-31(29,30)21-10-6-9-20(17-21)24(28)27-15-13-19(14-16-27)18-7-2-1-3-8-18/h1-12,17,19,26H,13-16H2. The van der Waals surface area contributed by atoms with Crippen molar-refractivity contribution < 1.29 is 17.6 Å². The van der Waals surface area contributed by atoms with E-state index in [1.807, 2.05) is 18.2 Å². The Morgan fingerprint density at radius 1 is 0.903 bits per heavy atom. The molecule has 0 bridgehead atoms. The molecule has 1 aliphatic heterocycles. The summed E-state index contributed by atoms with van der Waals surface area (Å²) in [5.74, 6) is -0.448. The van der Waals surface area contributed by atoms with Crippen molar-refractivity contribution in [1.82, 2.24) is 4.90 Å². The van der Waals surface area contributed by atoms with Crippen molar-refractivity contribution in [2.24, 2.45) is 0 Å². The summed E-state index contributed by atoms with van der Waals surface area (Å²) >= 11 is 0. The molecule has 4 rings (SSSR count). The second kappa shape index (κ2) is 8.89. The molecule has 1 saturated heterocycles. The lowest BCUT2D eigenvalue weighted by Crippen LogP contribution is -2.38. The van der Waals surface area contributed by atoms with Gasteiger partial charge >= 0.3 is 0 Å². The van der Waals surface area contributed by atoms with Crippen LogP contribution in [0, 0.1) is 5.82 Å². The summed E-state index contributed by atoms with van der Waals surface area (Å²) in [5.41, 5.74) is 1.44. The number of carbonyl (C=O) groups excluding carboxylic acids is 1. The number of halogens is 1. The smallest absolute Gasteiger partial charge is 0.262 e. The molecule has 1 N–H and O–H groups in total. The molecular formula is C24H23FN2O3S. The first-order valence-corrected chi connectivity index (χ1v) is 11.6. The zero-order valence-corrected chi connectivity index (χ0v) is 17.7. The molecule has 3 aromatic carbocycles. The monoisotopic (exact) mass is 438 g/mol. The SMILES string of the molecule is O=C(c1cccc(S(=O)(=O)Nc2ccccc2F)c1)N1CCC(c2ccccc2)CC1. The maximum atomic E-state index is 13.9. The minimum atomic E-state index is -4.03. The van der Waals surface area contributed by atoms with E-state index in [0.717, 1.165) is 12.8 Å². The number of hydrogen-bond donors (Lipinski definition) is 1. The first-order valence-electron chi connectivity index (χ1n) is 10.2. The van der Waals surface area contributed by atoms with Crippen LogP contribution < -0.4 is 4.72 Å². The molecule has 7 heteroatoms. The Morgan fingerprint density at radius 3 is 2.29 bits per heavy atom. The molecule has 1 amide bonds. The van der Waals surface area contributed by atoms with Crippen molar-refractivity contribution in [2.45, 2.75) is 23.7 Å². The van der Waals surface area contributed by atoms with E-state index in [1.165, 1.54) is 42.0 Å². The number of para-hydroxylation sites is 1. The number of sulfonamides is 1. The van der Waals surface area contributed by atoms with Crippen molar-refractivity contribution >= 4 is 21.6 Å². The Balaban J connectivity index is 1.47. The van der Waals surface area contributed by atoms with Gasteiger partial charge in [-0.15, -0.1) is 0 Å². The molecule has 1 fully saturated rings. The highest BCUT2D eigenvalue weighted by atomic mass is 32.2. The number of nitrogens with zero attached hydrogens (tertiary/aromatic N) is 1. The van der Waals surface area contributed by atoms with Gasteiger partial charge in [0.2, 0.25) is 0 Å². The van der Waals surface area contributed by atoms with E-state index in [1.54, 1.807) is 17.0 Å². The maximum absolute atomic E-state index is 13.9. The number of anilines is 1. The van der Waals surface area contributed by atoms with Crippen molar-refractivity contribution in [3.8, 4) is 0 Å². The first-order chi connectivity index (χ1) is 14.9. The zero-order chi connectivity index (χ0) is 21.8. The van der Waals surface area contributed by atoms with E-state index in [-0.39, 0.29) is 16.5 Å². The number of likely N-dealkylation sites (tertiary alicyclic amines) is 1. The third kappa shape index (κ3) is 4.77. The summed E-state index contributed by atoms with van der Waals surface area (Å²) in [4.78, 5) is 14.7. The Labute approximate surface area is 181 Å². The lowest BCUT2D eigenvalue weighted by Gasteiger charge is -2.32. The average molecular weight is 439 g/mol. The van der Waals surface area contributed by atoms with Crippen molar-refractivity contribution in [3.05, 3.63) is 95.8 Å². The summed E-state index contributed by atoms with van der Waals surface area (Å²) in [7, 11) is -4.03. The fraction of sp³-hybridized carbons (Fsp3) is 0.208. The third-order valence-electron chi connectivity index (χ3n) is 5.56. The van der Waals surface area contributed by atoms with Crippen LogP contribution >= 0.6 is 0 Å². The molecule has 0 aromatic heterocycles. The van der Waals surface area contributed by atoms with Crippen LogP contribution in [0.1, 0.15) is 34.7 Å². The lowest BCUT2D eigenvalue weighted by atomic mass is 9.89. The van der Waals surface area contributed by atoms with Gasteiger partial charge in [0.15, 0.2) is 0 Å². The van der Waals surface area contributed by atoms with Crippen molar-refractivity contribution in [3.63, 3.8) is 0 Å². The van der Waals surface area contributed by atoms with Gasteiger partial charge in [-0.3, -0.25) is 9.52 Å². The molecule has 0 aliphatic carbocycles. The molecule has 1 aliphatic rings. The number of benzene rings is 3. The summed E-state index contributed by atoms with van der Waals surface area (Å²) < 4.78 is 41.5. The van der Waals surface area contributed by atoms with Gasteiger partial charge in [0.25, 0.3) is 15.9 Å². The van der Waals surface area contributed by atoms with Gasteiger partial charge < -0.3 is 4.90 Å². The molecule has 0 unspecified atom stereocenters. The molecule has 5 nitrogen and oxygen atoms in total. The van der Waals surface area contributed by atoms with E-state index < -0.39 is 15.8 Å². The highest BCUT2D eigenvalue weighted by Gasteiger charge is 2.25. The van der Waals surface area contributed by atoms with Gasteiger partial charge in [0.1, 0.15) is 5.82 Å². The van der Waals surface area contributed by atoms with Gasteiger partial charge in [0.05, 0.1) is 10.6 Å². The second-order valence-electron chi connectivity index (χ2n) is 7.59. The van der Waals surface area contributed by atoms with Crippen LogP contribution in [0.2, 0.25) is 0 Å². The summed E-state index contributed by atoms with van der Waals surface area (Å²) in [6.07, 6.45) is 1.73. The summed E-state index contributed by atoms with van der Waals surface area (Å²) in [6.45, 7) is 1.23. The van der Waals surface area contributed by atoms with Gasteiger partial charge in [-0.25, -0.2) is 12.8 Å². The predicted molar refractivity (Wildman–Crippen MR) is 118 cm³/mol. The number of hydrogen-bond acceptors (Lipinski definition) is 3. The maximum Gasteiger partial charge on any atom is 0.262 e. The highest BCUT2D eigenvalue weighted by Crippen LogP contribution is 2.29. The fourth-order valence-electron chi connectivity index (χ4n) is 3.87. The number of nitrogens with one attached hydrogen (secondary N) is 1. The first kappa shape index (κ1) is 21.1. The topological polar surface area (TPSA) is 66.5 Å². The minimum Gasteiger partial charge on any atom is -0.339 e. The van der Waals surface area contributed by atoms with E-state index in [0.29, 0.717) is 24.6 Å². The third-order valence-corrected chi connectivity index (χ3v) is 6.93. The largest absolute Gasteiger partial charge is 0.339 e. The van der Waals surface area contributed by atoms with Gasteiger partial charge in [0, 0.05) is 18.7 Å². The van der Waals surface area contributed by atoms with Crippen LogP contribution in [0.25, 0.3) is 0 Å². The van der Waals surface area contributed by atoms with E-state index in [2.05, 4.69) is 16.9 Å². The molecule has 0 radical (unpaired) electrons. The van der Waals surface area contributed by atoms with Crippen LogP contribution in [0.15, 0.2) is 83.8 Å². The van der Waals surface area contributed by atoms with E-state index in [4.69, 9.17) is 0 Å². The van der Waals surface area contributed by atoms with E-state index >= 15 is 0 Å². The number of carbonyl (C=O) groups is 1. The van der Waals surface area contributed by atoms with Crippen molar-refractivity contribution in [1.29, 1.82) is 0 Å². The summed E-state index contributed by atoms with van der Waals surface area (Å²) in [6, 6.07) is 21.7. The Hall–Kier alpha value is -3.19. The molecular weight excluding hydrogens is 415 g/mol. The van der Waals surface area contributed by atoms with Crippen LogP contribution in [0.4, 0.5) is 10.1 Å². The van der Waals surface area contributed by atoms with Gasteiger partial charge in [-0.2, -0.15) is 0 Å². The lowest BCUT2D eigenvalue weighted by molar-refractivity contribution is 0.0712. The molecule has 0 spiro atoms. The molecule has 0 atom stereocenters. The normalized spacial score (nSPS) is 14.9. The summed E-state index contributed by atoms with van der Waals surface area (Å²) in [5, 5.41) is 0. The van der Waals surface area contributed by atoms with Crippen molar-refractivity contribution in [2.75, 3.05) is 17.8 Å². The minimum absolute atomic E-state index is 0.0826. The molecule has 160 valence electrons. The Kier molecular flexibility index (Phi) is 6.04. The van der Waals surface area contributed by atoms with Crippen LogP contribution in [0.5, 0.6) is 0 Å². The number of rotatable bonds is 5. The van der Waals surface area contributed by atoms with Crippen LogP contribution in [-0.4, -0.2) is 32.3 Å². The number of amides is 1. The Morgan fingerprint density at radius 2 is 1.58 bits per heavy atom. The molecule has 3 aromatic rings. The van der Waals surface area contributed by atoms with E-state index in [9.17, 15) is 17.6 Å². The molecule has 31 heavy (non-hydrogen) atoms. The average Bonchev–Trinajstić information content (AvgIpc) is 2.81. The zero-order valence-electron chi connectivity index (χ0n) is 16.9. The molecule has 0 saturated carbocycles. The quantitative estimate of drug-likeness (QED) is 0.631. The highest BCUT2D eigenvalue weighted by molar-refractivity contribution is 7.92. The predicted octanol–water partition coefficient (Wildman–Crippen LogP) is 4.65. The number of piperidine rings is 1. The Bertz CT molecular complexity index is 1170.